The first-order chi connectivity index (χ1) is 13.2. The summed E-state index contributed by atoms with van der Waals surface area (Å²) in [6.07, 6.45) is 3.99. The van der Waals surface area contributed by atoms with E-state index in [4.69, 9.17) is 4.99 Å². The minimum atomic E-state index is -0.167. The largest absolute Gasteiger partial charge is 0.363 e. The number of nitrogens with zero attached hydrogens (tertiary/aromatic N) is 2. The molecule has 1 aliphatic heterocycles. The Kier molecular flexibility index (Phi) is 7.51. The van der Waals surface area contributed by atoms with Gasteiger partial charge in [0.2, 0.25) is 0 Å². The second-order valence-electron chi connectivity index (χ2n) is 6.85. The molecule has 1 aromatic heterocycles. The zero-order valence-electron chi connectivity index (χ0n) is 16.0. The highest BCUT2D eigenvalue weighted by Gasteiger charge is 2.20. The lowest BCUT2D eigenvalue weighted by Gasteiger charge is -2.33. The number of guanidine groups is 1. The van der Waals surface area contributed by atoms with E-state index in [9.17, 15) is 4.39 Å². The quantitative estimate of drug-likeness (QED) is 0.427. The van der Waals surface area contributed by atoms with Crippen LogP contribution in [0.25, 0.3) is 0 Å². The summed E-state index contributed by atoms with van der Waals surface area (Å²) in [6, 6.07) is 11.6. The summed E-state index contributed by atoms with van der Waals surface area (Å²) in [5, 5.41) is 10.4. The van der Waals surface area contributed by atoms with Crippen molar-refractivity contribution in [1.82, 2.24) is 10.6 Å². The molecule has 1 fully saturated rings. The number of rotatable bonds is 7. The van der Waals surface area contributed by atoms with Crippen molar-refractivity contribution in [2.45, 2.75) is 38.6 Å². The third-order valence-corrected chi connectivity index (χ3v) is 5.71. The molecule has 6 heteroatoms. The first kappa shape index (κ1) is 19.7. The van der Waals surface area contributed by atoms with Gasteiger partial charge in [0.1, 0.15) is 5.82 Å². The van der Waals surface area contributed by atoms with Crippen LogP contribution < -0.4 is 15.5 Å². The van der Waals surface area contributed by atoms with Crippen LogP contribution in [0.1, 0.15) is 31.7 Å². The summed E-state index contributed by atoms with van der Waals surface area (Å²) in [5.41, 5.74) is 1.03. The SMILES string of the molecule is CCNC(=NCCCc1cccc(F)c1)NC1CCN(c2cccs2)CC1. The van der Waals surface area contributed by atoms with Gasteiger partial charge >= 0.3 is 0 Å². The molecular formula is C21H29FN4S. The predicted molar refractivity (Wildman–Crippen MR) is 113 cm³/mol. The molecule has 0 saturated carbocycles. The molecule has 0 amide bonds. The van der Waals surface area contributed by atoms with Gasteiger partial charge in [-0.15, -0.1) is 11.3 Å². The van der Waals surface area contributed by atoms with E-state index in [2.05, 4.69) is 40.0 Å². The maximum Gasteiger partial charge on any atom is 0.191 e. The van der Waals surface area contributed by atoms with Crippen molar-refractivity contribution in [3.63, 3.8) is 0 Å². The molecular weight excluding hydrogens is 359 g/mol. The molecule has 3 rings (SSSR count). The first-order valence-electron chi connectivity index (χ1n) is 9.82. The van der Waals surface area contributed by atoms with Crippen molar-refractivity contribution >= 4 is 22.3 Å². The van der Waals surface area contributed by atoms with E-state index in [1.807, 2.05) is 17.4 Å². The van der Waals surface area contributed by atoms with Crippen LogP contribution in [0, 0.1) is 5.82 Å². The van der Waals surface area contributed by atoms with Crippen LogP contribution in [0.3, 0.4) is 0 Å². The van der Waals surface area contributed by atoms with Crippen LogP contribution in [0.2, 0.25) is 0 Å². The van der Waals surface area contributed by atoms with Crippen LogP contribution in [-0.2, 0) is 6.42 Å². The van der Waals surface area contributed by atoms with E-state index in [0.717, 1.165) is 63.4 Å². The highest BCUT2D eigenvalue weighted by atomic mass is 32.1. The van der Waals surface area contributed by atoms with Crippen molar-refractivity contribution in [2.24, 2.45) is 4.99 Å². The van der Waals surface area contributed by atoms with Gasteiger partial charge in [0.15, 0.2) is 5.96 Å². The molecule has 2 heterocycles. The number of aryl methyl sites for hydroxylation is 1. The van der Waals surface area contributed by atoms with Gasteiger partial charge in [0.25, 0.3) is 0 Å². The van der Waals surface area contributed by atoms with Gasteiger partial charge in [-0.05, 0) is 67.8 Å². The third-order valence-electron chi connectivity index (χ3n) is 4.78. The van der Waals surface area contributed by atoms with E-state index in [1.165, 1.54) is 11.1 Å². The Balaban J connectivity index is 1.43. The summed E-state index contributed by atoms with van der Waals surface area (Å²) >= 11 is 1.81. The number of aliphatic imine (C=N–C) groups is 1. The Bertz CT molecular complexity index is 709. The fourth-order valence-corrected chi connectivity index (χ4v) is 4.16. The number of thiophene rings is 1. The lowest BCUT2D eigenvalue weighted by atomic mass is 10.1. The Morgan fingerprint density at radius 3 is 2.81 bits per heavy atom. The molecule has 0 aliphatic carbocycles. The highest BCUT2D eigenvalue weighted by Crippen LogP contribution is 2.24. The van der Waals surface area contributed by atoms with Crippen molar-refractivity contribution in [1.29, 1.82) is 0 Å². The molecule has 0 atom stereocenters. The standard InChI is InChI=1S/C21H29FN4S/c1-2-23-21(24-12-4-7-17-6-3-8-18(22)16-17)25-19-10-13-26(14-11-19)20-9-5-15-27-20/h3,5-6,8-9,15-16,19H,2,4,7,10-14H2,1H3,(H2,23,24,25). The lowest BCUT2D eigenvalue weighted by molar-refractivity contribution is 0.463. The summed E-state index contributed by atoms with van der Waals surface area (Å²) in [4.78, 5) is 7.17. The summed E-state index contributed by atoms with van der Waals surface area (Å²) in [6.45, 7) is 5.83. The number of benzene rings is 1. The fraction of sp³-hybridized carbons (Fsp3) is 0.476. The molecule has 0 spiro atoms. The van der Waals surface area contributed by atoms with Gasteiger partial charge in [0, 0.05) is 32.2 Å². The van der Waals surface area contributed by atoms with Gasteiger partial charge in [-0.3, -0.25) is 4.99 Å². The number of anilines is 1. The minimum Gasteiger partial charge on any atom is -0.363 e. The van der Waals surface area contributed by atoms with Crippen molar-refractivity contribution in [3.05, 3.63) is 53.2 Å². The maximum atomic E-state index is 13.2. The topological polar surface area (TPSA) is 39.7 Å². The van der Waals surface area contributed by atoms with Gasteiger partial charge in [-0.2, -0.15) is 0 Å². The molecule has 0 radical (unpaired) electrons. The normalized spacial score (nSPS) is 15.8. The number of halogens is 1. The number of hydrogen-bond acceptors (Lipinski definition) is 3. The molecule has 1 aliphatic rings. The maximum absolute atomic E-state index is 13.2. The van der Waals surface area contributed by atoms with E-state index >= 15 is 0 Å². The summed E-state index contributed by atoms with van der Waals surface area (Å²) in [5.74, 6) is 0.728. The monoisotopic (exact) mass is 388 g/mol. The van der Waals surface area contributed by atoms with Crippen LogP contribution >= 0.6 is 11.3 Å². The number of piperidine rings is 1. The average molecular weight is 389 g/mol. The second kappa shape index (κ2) is 10.3. The van der Waals surface area contributed by atoms with Gasteiger partial charge in [0.05, 0.1) is 5.00 Å². The number of hydrogen-bond donors (Lipinski definition) is 2. The third kappa shape index (κ3) is 6.24. The Hall–Kier alpha value is -2.08. The Morgan fingerprint density at radius 2 is 2.11 bits per heavy atom. The molecule has 2 N–H and O–H groups in total. The van der Waals surface area contributed by atoms with Gasteiger partial charge in [-0.1, -0.05) is 12.1 Å². The Morgan fingerprint density at radius 1 is 1.26 bits per heavy atom. The molecule has 4 nitrogen and oxygen atoms in total. The van der Waals surface area contributed by atoms with E-state index < -0.39 is 0 Å². The summed E-state index contributed by atoms with van der Waals surface area (Å²) < 4.78 is 13.2. The van der Waals surface area contributed by atoms with E-state index in [1.54, 1.807) is 12.1 Å². The molecule has 1 aromatic carbocycles. The van der Waals surface area contributed by atoms with Crippen LogP contribution in [0.5, 0.6) is 0 Å². The molecule has 2 aromatic rings. The summed E-state index contributed by atoms with van der Waals surface area (Å²) in [7, 11) is 0. The minimum absolute atomic E-state index is 0.167. The zero-order valence-corrected chi connectivity index (χ0v) is 16.8. The van der Waals surface area contributed by atoms with E-state index in [0.29, 0.717) is 6.04 Å². The van der Waals surface area contributed by atoms with Crippen LogP contribution in [0.15, 0.2) is 46.8 Å². The van der Waals surface area contributed by atoms with Crippen LogP contribution in [-0.4, -0.2) is 38.2 Å². The van der Waals surface area contributed by atoms with Crippen LogP contribution in [0.4, 0.5) is 9.39 Å². The lowest BCUT2D eigenvalue weighted by Crippen LogP contribution is -2.48. The molecule has 146 valence electrons. The molecule has 27 heavy (non-hydrogen) atoms. The van der Waals surface area contributed by atoms with E-state index in [-0.39, 0.29) is 5.82 Å². The second-order valence-corrected chi connectivity index (χ2v) is 7.78. The van der Waals surface area contributed by atoms with Crippen molar-refractivity contribution < 1.29 is 4.39 Å². The Labute approximate surface area is 165 Å². The molecule has 1 saturated heterocycles. The zero-order chi connectivity index (χ0) is 18.9. The highest BCUT2D eigenvalue weighted by molar-refractivity contribution is 7.14. The fourth-order valence-electron chi connectivity index (χ4n) is 3.37. The average Bonchev–Trinajstić information content (AvgIpc) is 3.21. The first-order valence-corrected chi connectivity index (χ1v) is 10.7. The van der Waals surface area contributed by atoms with Crippen molar-refractivity contribution in [2.75, 3.05) is 31.1 Å². The smallest absolute Gasteiger partial charge is 0.191 e. The van der Waals surface area contributed by atoms with Crippen molar-refractivity contribution in [3.8, 4) is 0 Å². The molecule has 0 bridgehead atoms. The molecule has 0 unspecified atom stereocenters. The van der Waals surface area contributed by atoms with Gasteiger partial charge in [-0.25, -0.2) is 4.39 Å². The predicted octanol–water partition coefficient (Wildman–Crippen LogP) is 4.04. The number of nitrogens with one attached hydrogen (secondary N) is 2. The van der Waals surface area contributed by atoms with Gasteiger partial charge < -0.3 is 15.5 Å².